The molecule has 1 heterocycles. The lowest BCUT2D eigenvalue weighted by Gasteiger charge is -2.22. The summed E-state index contributed by atoms with van der Waals surface area (Å²) in [5.41, 5.74) is 1.25. The lowest BCUT2D eigenvalue weighted by atomic mass is 10.0. The van der Waals surface area contributed by atoms with Gasteiger partial charge in [-0.2, -0.15) is 0 Å². The quantitative estimate of drug-likeness (QED) is 0.883. The Morgan fingerprint density at radius 1 is 1.37 bits per heavy atom. The first-order valence-corrected chi connectivity index (χ1v) is 6.82. The summed E-state index contributed by atoms with van der Waals surface area (Å²) in [6, 6.07) is 7.89. The van der Waals surface area contributed by atoms with Crippen molar-refractivity contribution in [3.63, 3.8) is 0 Å². The van der Waals surface area contributed by atoms with Crippen LogP contribution < -0.4 is 10.1 Å². The van der Waals surface area contributed by atoms with Gasteiger partial charge >= 0.3 is 0 Å². The summed E-state index contributed by atoms with van der Waals surface area (Å²) < 4.78 is 11.1. The smallest absolute Gasteiger partial charge is 0.257 e. The van der Waals surface area contributed by atoms with Gasteiger partial charge in [-0.3, -0.25) is 4.79 Å². The Labute approximate surface area is 114 Å². The van der Waals surface area contributed by atoms with Crippen molar-refractivity contribution in [2.24, 2.45) is 0 Å². The number of hydrogen-bond donors (Lipinski definition) is 1. The van der Waals surface area contributed by atoms with Crippen LogP contribution in [0.25, 0.3) is 0 Å². The highest BCUT2D eigenvalue weighted by molar-refractivity contribution is 5.77. The molecule has 0 radical (unpaired) electrons. The van der Waals surface area contributed by atoms with E-state index in [1.165, 1.54) is 18.4 Å². The van der Waals surface area contributed by atoms with Crippen molar-refractivity contribution in [1.82, 2.24) is 5.32 Å². The molecule has 1 N–H and O–H groups in total. The Kier molecular flexibility index (Phi) is 5.21. The predicted molar refractivity (Wildman–Crippen MR) is 73.3 cm³/mol. The molecule has 1 aromatic rings. The molecular weight excluding hydrogens is 242 g/mol. The summed E-state index contributed by atoms with van der Waals surface area (Å²) in [4.78, 5) is 11.1. The number of likely N-dealkylation sites (N-methyl/N-ethyl adjacent to an activating group) is 1. The molecule has 19 heavy (non-hydrogen) atoms. The second-order valence-corrected chi connectivity index (χ2v) is 4.80. The number of benzene rings is 1. The minimum atomic E-state index is -0.125. The van der Waals surface area contributed by atoms with Crippen molar-refractivity contribution >= 4 is 5.91 Å². The van der Waals surface area contributed by atoms with E-state index in [0.717, 1.165) is 25.2 Å². The number of amides is 1. The lowest BCUT2D eigenvalue weighted by molar-refractivity contribution is -0.122. The van der Waals surface area contributed by atoms with E-state index in [0.29, 0.717) is 6.10 Å². The zero-order valence-corrected chi connectivity index (χ0v) is 11.4. The van der Waals surface area contributed by atoms with Gasteiger partial charge in [0.25, 0.3) is 5.91 Å². The molecule has 1 aliphatic heterocycles. The van der Waals surface area contributed by atoms with Crippen LogP contribution in [0.5, 0.6) is 5.75 Å². The van der Waals surface area contributed by atoms with Crippen molar-refractivity contribution in [2.75, 3.05) is 20.3 Å². The molecule has 0 unspecified atom stereocenters. The van der Waals surface area contributed by atoms with Gasteiger partial charge in [-0.05, 0) is 43.4 Å². The van der Waals surface area contributed by atoms with Crippen molar-refractivity contribution in [1.29, 1.82) is 0 Å². The fourth-order valence-electron chi connectivity index (χ4n) is 2.17. The molecule has 104 valence electrons. The summed E-state index contributed by atoms with van der Waals surface area (Å²) in [5.74, 6) is 0.594. The van der Waals surface area contributed by atoms with Crippen LogP contribution in [-0.4, -0.2) is 32.3 Å². The average Bonchev–Trinajstić information content (AvgIpc) is 2.47. The van der Waals surface area contributed by atoms with Gasteiger partial charge < -0.3 is 14.8 Å². The van der Waals surface area contributed by atoms with E-state index >= 15 is 0 Å². The van der Waals surface area contributed by atoms with Crippen molar-refractivity contribution in [3.8, 4) is 5.75 Å². The van der Waals surface area contributed by atoms with Crippen LogP contribution in [-0.2, 0) is 16.0 Å². The average molecular weight is 263 g/mol. The maximum absolute atomic E-state index is 11.1. The molecule has 0 saturated carbocycles. The summed E-state index contributed by atoms with van der Waals surface area (Å²) in [6.07, 6.45) is 4.90. The fourth-order valence-corrected chi connectivity index (χ4v) is 2.17. The van der Waals surface area contributed by atoms with E-state index in [-0.39, 0.29) is 12.5 Å². The molecule has 0 spiro atoms. The van der Waals surface area contributed by atoms with E-state index in [2.05, 4.69) is 5.32 Å². The second-order valence-electron chi connectivity index (χ2n) is 4.80. The molecule has 1 aliphatic rings. The number of hydrogen-bond acceptors (Lipinski definition) is 3. The van der Waals surface area contributed by atoms with E-state index in [1.807, 2.05) is 24.3 Å². The number of ether oxygens (including phenoxy) is 2. The SMILES string of the molecule is CNC(=O)COc1ccc(C[C@@H]2CCCCO2)cc1. The number of rotatable bonds is 5. The standard InChI is InChI=1S/C15H21NO3/c1-16-15(17)11-19-13-7-5-12(6-8-13)10-14-4-2-3-9-18-14/h5-8,14H,2-4,9-11H2,1H3,(H,16,17)/t14-/m0/s1. The van der Waals surface area contributed by atoms with Crippen molar-refractivity contribution in [2.45, 2.75) is 31.8 Å². The first kappa shape index (κ1) is 13.9. The minimum Gasteiger partial charge on any atom is -0.484 e. The Morgan fingerprint density at radius 2 is 2.16 bits per heavy atom. The molecule has 1 aromatic carbocycles. The summed E-state index contributed by atoms with van der Waals surface area (Å²) >= 11 is 0. The van der Waals surface area contributed by atoms with Crippen LogP contribution in [0.1, 0.15) is 24.8 Å². The summed E-state index contributed by atoms with van der Waals surface area (Å²) in [5, 5.41) is 2.52. The molecule has 1 saturated heterocycles. The topological polar surface area (TPSA) is 47.6 Å². The third kappa shape index (κ3) is 4.56. The van der Waals surface area contributed by atoms with E-state index in [4.69, 9.17) is 9.47 Å². The summed E-state index contributed by atoms with van der Waals surface area (Å²) in [6.45, 7) is 0.944. The maximum atomic E-state index is 11.1. The highest BCUT2D eigenvalue weighted by Crippen LogP contribution is 2.19. The van der Waals surface area contributed by atoms with Crippen molar-refractivity contribution in [3.05, 3.63) is 29.8 Å². The molecule has 1 atom stereocenters. The Balaban J connectivity index is 1.82. The summed E-state index contributed by atoms with van der Waals surface area (Å²) in [7, 11) is 1.60. The third-order valence-electron chi connectivity index (χ3n) is 3.31. The number of carbonyl (C=O) groups excluding carboxylic acids is 1. The zero-order chi connectivity index (χ0) is 13.5. The molecule has 2 rings (SSSR count). The van der Waals surface area contributed by atoms with Crippen LogP contribution >= 0.6 is 0 Å². The Hall–Kier alpha value is -1.55. The van der Waals surface area contributed by atoms with Gasteiger partial charge in [0.15, 0.2) is 6.61 Å². The Morgan fingerprint density at radius 3 is 2.79 bits per heavy atom. The van der Waals surface area contributed by atoms with Crippen LogP contribution in [0.4, 0.5) is 0 Å². The molecule has 1 amide bonds. The van der Waals surface area contributed by atoms with Gasteiger partial charge in [0.05, 0.1) is 6.10 Å². The molecule has 0 aliphatic carbocycles. The van der Waals surface area contributed by atoms with E-state index in [1.54, 1.807) is 7.05 Å². The molecule has 4 heteroatoms. The molecular formula is C15H21NO3. The normalized spacial score (nSPS) is 18.9. The maximum Gasteiger partial charge on any atom is 0.257 e. The number of nitrogens with one attached hydrogen (secondary N) is 1. The van der Waals surface area contributed by atoms with Crippen LogP contribution in [0.3, 0.4) is 0 Å². The van der Waals surface area contributed by atoms with Gasteiger partial charge in [0.2, 0.25) is 0 Å². The van der Waals surface area contributed by atoms with E-state index < -0.39 is 0 Å². The Bertz CT molecular complexity index is 396. The first-order valence-electron chi connectivity index (χ1n) is 6.82. The molecule has 0 bridgehead atoms. The molecule has 4 nitrogen and oxygen atoms in total. The van der Waals surface area contributed by atoms with Crippen molar-refractivity contribution < 1.29 is 14.3 Å². The van der Waals surface area contributed by atoms with Gasteiger partial charge in [-0.25, -0.2) is 0 Å². The minimum absolute atomic E-state index is 0.0571. The lowest BCUT2D eigenvalue weighted by Crippen LogP contribution is -2.24. The van der Waals surface area contributed by atoms with Gasteiger partial charge in [-0.1, -0.05) is 12.1 Å². The van der Waals surface area contributed by atoms with E-state index in [9.17, 15) is 4.79 Å². The molecule has 0 aromatic heterocycles. The highest BCUT2D eigenvalue weighted by atomic mass is 16.5. The van der Waals surface area contributed by atoms with Crippen LogP contribution in [0.2, 0.25) is 0 Å². The zero-order valence-electron chi connectivity index (χ0n) is 11.4. The third-order valence-corrected chi connectivity index (χ3v) is 3.31. The predicted octanol–water partition coefficient (Wildman–Crippen LogP) is 1.92. The first-order chi connectivity index (χ1) is 9.28. The van der Waals surface area contributed by atoms with Crippen LogP contribution in [0.15, 0.2) is 24.3 Å². The van der Waals surface area contributed by atoms with Gasteiger partial charge in [0, 0.05) is 13.7 Å². The monoisotopic (exact) mass is 263 g/mol. The van der Waals surface area contributed by atoms with Gasteiger partial charge in [-0.15, -0.1) is 0 Å². The highest BCUT2D eigenvalue weighted by Gasteiger charge is 2.14. The molecule has 1 fully saturated rings. The van der Waals surface area contributed by atoms with Crippen LogP contribution in [0, 0.1) is 0 Å². The second kappa shape index (κ2) is 7.14. The largest absolute Gasteiger partial charge is 0.484 e. The van der Waals surface area contributed by atoms with Gasteiger partial charge in [0.1, 0.15) is 5.75 Å². The fraction of sp³-hybridized carbons (Fsp3) is 0.533. The number of carbonyl (C=O) groups is 1.